The monoisotopic (exact) mass is 280 g/mol. The van der Waals surface area contributed by atoms with Crippen LogP contribution in [0.3, 0.4) is 0 Å². The van der Waals surface area contributed by atoms with Crippen LogP contribution < -0.4 is 5.32 Å². The summed E-state index contributed by atoms with van der Waals surface area (Å²) >= 11 is 0. The maximum absolute atomic E-state index is 12.1. The third-order valence-corrected chi connectivity index (χ3v) is 3.41. The van der Waals surface area contributed by atoms with Gasteiger partial charge in [-0.1, -0.05) is 26.7 Å². The van der Waals surface area contributed by atoms with Crippen molar-refractivity contribution < 1.29 is 18.0 Å². The van der Waals surface area contributed by atoms with Gasteiger partial charge in [0, 0.05) is 12.6 Å². The SMILES string of the molecule is CC(C)CCN(C(=O)NCC(F)(F)F)C1CCCC1. The van der Waals surface area contributed by atoms with Crippen LogP contribution >= 0.6 is 0 Å². The van der Waals surface area contributed by atoms with Crippen LogP contribution in [0.1, 0.15) is 46.0 Å². The van der Waals surface area contributed by atoms with E-state index in [1.165, 1.54) is 0 Å². The van der Waals surface area contributed by atoms with E-state index in [1.807, 2.05) is 19.2 Å². The molecule has 1 N–H and O–H groups in total. The zero-order valence-electron chi connectivity index (χ0n) is 11.6. The van der Waals surface area contributed by atoms with Gasteiger partial charge in [-0.25, -0.2) is 4.79 Å². The fourth-order valence-electron chi connectivity index (χ4n) is 2.34. The van der Waals surface area contributed by atoms with Gasteiger partial charge in [0.05, 0.1) is 0 Å². The van der Waals surface area contributed by atoms with Gasteiger partial charge in [0.15, 0.2) is 0 Å². The van der Waals surface area contributed by atoms with E-state index in [4.69, 9.17) is 0 Å². The molecule has 6 heteroatoms. The Balaban J connectivity index is 2.53. The van der Waals surface area contributed by atoms with Gasteiger partial charge in [0.1, 0.15) is 6.54 Å². The van der Waals surface area contributed by atoms with Crippen LogP contribution in [0.15, 0.2) is 0 Å². The molecule has 0 aromatic rings. The zero-order valence-corrected chi connectivity index (χ0v) is 11.6. The van der Waals surface area contributed by atoms with Crippen LogP contribution in [0.25, 0.3) is 0 Å². The van der Waals surface area contributed by atoms with Crippen LogP contribution in [-0.2, 0) is 0 Å². The van der Waals surface area contributed by atoms with Gasteiger partial charge in [-0.3, -0.25) is 0 Å². The Labute approximate surface area is 112 Å². The summed E-state index contributed by atoms with van der Waals surface area (Å²) in [6.45, 7) is 3.36. The largest absolute Gasteiger partial charge is 0.405 e. The first-order chi connectivity index (χ1) is 8.79. The van der Waals surface area contributed by atoms with E-state index in [9.17, 15) is 18.0 Å². The highest BCUT2D eigenvalue weighted by Gasteiger charge is 2.31. The Hall–Kier alpha value is -0.940. The fraction of sp³-hybridized carbons (Fsp3) is 0.923. The summed E-state index contributed by atoms with van der Waals surface area (Å²) in [6, 6.07) is -0.475. The Kier molecular flexibility index (Phi) is 5.94. The van der Waals surface area contributed by atoms with Crippen LogP contribution in [0.5, 0.6) is 0 Å². The van der Waals surface area contributed by atoms with Crippen LogP contribution in [0.2, 0.25) is 0 Å². The molecular formula is C13H23F3N2O. The van der Waals surface area contributed by atoms with Crippen molar-refractivity contribution in [2.75, 3.05) is 13.1 Å². The highest BCUT2D eigenvalue weighted by atomic mass is 19.4. The second-order valence-electron chi connectivity index (χ2n) is 5.59. The summed E-state index contributed by atoms with van der Waals surface area (Å²) in [4.78, 5) is 13.5. The molecule has 1 aliphatic carbocycles. The number of alkyl halides is 3. The number of nitrogens with one attached hydrogen (secondary N) is 1. The minimum Gasteiger partial charge on any atom is -0.329 e. The molecule has 2 amide bonds. The predicted octanol–water partition coefficient (Wildman–Crippen LogP) is 3.55. The van der Waals surface area contributed by atoms with Crippen molar-refractivity contribution in [1.82, 2.24) is 10.2 Å². The van der Waals surface area contributed by atoms with Gasteiger partial charge in [-0.15, -0.1) is 0 Å². The molecule has 0 spiro atoms. The molecular weight excluding hydrogens is 257 g/mol. The molecule has 19 heavy (non-hydrogen) atoms. The predicted molar refractivity (Wildman–Crippen MR) is 67.9 cm³/mol. The fourth-order valence-corrected chi connectivity index (χ4v) is 2.34. The van der Waals surface area contributed by atoms with Gasteiger partial charge in [-0.2, -0.15) is 13.2 Å². The summed E-state index contributed by atoms with van der Waals surface area (Å²) in [5.41, 5.74) is 0. The number of carbonyl (C=O) groups is 1. The van der Waals surface area contributed by atoms with E-state index < -0.39 is 18.8 Å². The number of halogens is 3. The molecule has 1 rings (SSSR count). The standard InChI is InChI=1S/C13H23F3N2O/c1-10(2)7-8-18(11-5-3-4-6-11)12(19)17-9-13(14,15)16/h10-11H,3-9H2,1-2H3,(H,17,19). The Morgan fingerprint density at radius 2 is 1.89 bits per heavy atom. The van der Waals surface area contributed by atoms with Gasteiger partial charge < -0.3 is 10.2 Å². The highest BCUT2D eigenvalue weighted by Crippen LogP contribution is 2.24. The molecule has 0 heterocycles. The number of amides is 2. The molecule has 0 saturated heterocycles. The molecule has 0 unspecified atom stereocenters. The first-order valence-electron chi connectivity index (χ1n) is 6.91. The molecule has 0 aliphatic heterocycles. The second-order valence-corrected chi connectivity index (χ2v) is 5.59. The van der Waals surface area contributed by atoms with Gasteiger partial charge >= 0.3 is 12.2 Å². The third kappa shape index (κ3) is 6.16. The minimum absolute atomic E-state index is 0.104. The van der Waals surface area contributed by atoms with E-state index in [-0.39, 0.29) is 6.04 Å². The van der Waals surface area contributed by atoms with E-state index >= 15 is 0 Å². The van der Waals surface area contributed by atoms with Crippen molar-refractivity contribution in [2.45, 2.75) is 58.2 Å². The summed E-state index contributed by atoms with van der Waals surface area (Å²) in [7, 11) is 0. The number of nitrogens with zero attached hydrogens (tertiary/aromatic N) is 1. The molecule has 0 radical (unpaired) electrons. The molecule has 0 aromatic heterocycles. The lowest BCUT2D eigenvalue weighted by atomic mass is 10.1. The summed E-state index contributed by atoms with van der Waals surface area (Å²) in [6.07, 6.45) is 0.366. The Morgan fingerprint density at radius 1 is 1.32 bits per heavy atom. The third-order valence-electron chi connectivity index (χ3n) is 3.41. The topological polar surface area (TPSA) is 32.3 Å². The Morgan fingerprint density at radius 3 is 2.37 bits per heavy atom. The first-order valence-corrected chi connectivity index (χ1v) is 6.91. The van der Waals surface area contributed by atoms with E-state index in [2.05, 4.69) is 0 Å². The maximum Gasteiger partial charge on any atom is 0.405 e. The van der Waals surface area contributed by atoms with Crippen molar-refractivity contribution in [1.29, 1.82) is 0 Å². The lowest BCUT2D eigenvalue weighted by Crippen LogP contribution is -2.48. The molecule has 0 atom stereocenters. The number of carbonyl (C=O) groups excluding carboxylic acids is 1. The van der Waals surface area contributed by atoms with Crippen LogP contribution in [-0.4, -0.2) is 36.2 Å². The van der Waals surface area contributed by atoms with Crippen molar-refractivity contribution in [3.8, 4) is 0 Å². The molecule has 0 bridgehead atoms. The van der Waals surface area contributed by atoms with Crippen molar-refractivity contribution in [3.63, 3.8) is 0 Å². The van der Waals surface area contributed by atoms with Gasteiger partial charge in [0.25, 0.3) is 0 Å². The number of urea groups is 1. The molecule has 112 valence electrons. The molecule has 1 fully saturated rings. The zero-order chi connectivity index (χ0) is 14.5. The molecule has 0 aromatic carbocycles. The number of rotatable bonds is 5. The highest BCUT2D eigenvalue weighted by molar-refractivity contribution is 5.74. The average molecular weight is 280 g/mol. The number of hydrogen-bond donors (Lipinski definition) is 1. The van der Waals surface area contributed by atoms with Crippen LogP contribution in [0.4, 0.5) is 18.0 Å². The smallest absolute Gasteiger partial charge is 0.329 e. The quantitative estimate of drug-likeness (QED) is 0.820. The van der Waals surface area contributed by atoms with Gasteiger partial charge in [-0.05, 0) is 25.2 Å². The number of hydrogen-bond acceptors (Lipinski definition) is 1. The van der Waals surface area contributed by atoms with Crippen molar-refractivity contribution >= 4 is 6.03 Å². The Bertz CT molecular complexity index is 286. The second kappa shape index (κ2) is 7.01. The summed E-state index contributed by atoms with van der Waals surface area (Å²) in [5.74, 6) is 0.430. The lowest BCUT2D eigenvalue weighted by molar-refractivity contribution is -0.123. The average Bonchev–Trinajstić information content (AvgIpc) is 2.79. The van der Waals surface area contributed by atoms with E-state index in [1.54, 1.807) is 4.90 Å². The molecule has 1 saturated carbocycles. The lowest BCUT2D eigenvalue weighted by Gasteiger charge is -2.30. The van der Waals surface area contributed by atoms with E-state index in [0.717, 1.165) is 32.1 Å². The van der Waals surface area contributed by atoms with E-state index in [0.29, 0.717) is 12.5 Å². The summed E-state index contributed by atoms with van der Waals surface area (Å²) in [5, 5.41) is 1.99. The minimum atomic E-state index is -4.35. The molecule has 1 aliphatic rings. The van der Waals surface area contributed by atoms with Gasteiger partial charge in [0.2, 0.25) is 0 Å². The normalized spacial score (nSPS) is 16.9. The van der Waals surface area contributed by atoms with Crippen molar-refractivity contribution in [2.24, 2.45) is 5.92 Å². The summed E-state index contributed by atoms with van der Waals surface area (Å²) < 4.78 is 36.4. The maximum atomic E-state index is 12.1. The molecule has 3 nitrogen and oxygen atoms in total. The first kappa shape index (κ1) is 16.1. The van der Waals surface area contributed by atoms with Crippen LogP contribution in [0, 0.1) is 5.92 Å². The van der Waals surface area contributed by atoms with Crippen molar-refractivity contribution in [3.05, 3.63) is 0 Å².